The molecule has 0 saturated carbocycles. The van der Waals surface area contributed by atoms with Gasteiger partial charge in [-0.15, -0.1) is 0 Å². The average molecular weight is 609 g/mol. The van der Waals surface area contributed by atoms with Crippen LogP contribution in [0.1, 0.15) is 112 Å². The number of hydrogen-bond donors (Lipinski definition) is 1. The van der Waals surface area contributed by atoms with E-state index in [0.29, 0.717) is 6.54 Å². The molecule has 4 rings (SSSR count). The summed E-state index contributed by atoms with van der Waals surface area (Å²) in [6.45, 7) is 21.2. The second-order valence-electron chi connectivity index (χ2n) is 14.9. The van der Waals surface area contributed by atoms with E-state index in [1.165, 1.54) is 72.0 Å². The van der Waals surface area contributed by atoms with E-state index in [1.54, 1.807) is 0 Å². The maximum Gasteiger partial charge on any atom is 0.206 e. The molecule has 2 heterocycles. The lowest BCUT2D eigenvalue weighted by molar-refractivity contribution is -0.699. The van der Waals surface area contributed by atoms with Gasteiger partial charge in [0.05, 0.1) is 0 Å². The zero-order valence-electron chi connectivity index (χ0n) is 29.5. The SMILES string of the molecule is CC1=C(/C=C/C(C)=C/C=C/C(C)=C/c2cc(/C=C/C=C(\C)C3OC3C3=C(C)CCCC3(C)C)cc[n+]2CCO)C(C)(C)CCC1. The van der Waals surface area contributed by atoms with Gasteiger partial charge >= 0.3 is 0 Å². The molecule has 0 radical (unpaired) electrons. The van der Waals surface area contributed by atoms with E-state index in [2.05, 4.69) is 140 Å². The molecule has 242 valence electrons. The molecule has 1 aliphatic heterocycles. The van der Waals surface area contributed by atoms with Gasteiger partial charge in [0.2, 0.25) is 5.69 Å². The molecule has 1 aromatic rings. The lowest BCUT2D eigenvalue weighted by atomic mass is 9.71. The summed E-state index contributed by atoms with van der Waals surface area (Å²) in [6.07, 6.45) is 29.7. The quantitative estimate of drug-likeness (QED) is 0.117. The smallest absolute Gasteiger partial charge is 0.206 e. The van der Waals surface area contributed by atoms with Crippen molar-refractivity contribution in [2.24, 2.45) is 10.8 Å². The van der Waals surface area contributed by atoms with Crippen molar-refractivity contribution in [3.63, 3.8) is 0 Å². The van der Waals surface area contributed by atoms with Crippen LogP contribution in [0.2, 0.25) is 0 Å². The van der Waals surface area contributed by atoms with Gasteiger partial charge in [-0.25, -0.2) is 0 Å². The molecular formula is C42H58NO2+. The van der Waals surface area contributed by atoms with Crippen molar-refractivity contribution in [2.75, 3.05) is 6.61 Å². The maximum absolute atomic E-state index is 9.66. The van der Waals surface area contributed by atoms with Crippen LogP contribution in [0.3, 0.4) is 0 Å². The molecule has 1 N–H and O–H groups in total. The van der Waals surface area contributed by atoms with Gasteiger partial charge in [0.1, 0.15) is 18.8 Å². The van der Waals surface area contributed by atoms with Crippen LogP contribution < -0.4 is 4.57 Å². The summed E-state index contributed by atoms with van der Waals surface area (Å²) < 4.78 is 8.33. The van der Waals surface area contributed by atoms with E-state index in [0.717, 1.165) is 16.8 Å². The molecule has 1 saturated heterocycles. The Labute approximate surface area is 274 Å². The highest BCUT2D eigenvalue weighted by Gasteiger charge is 2.48. The van der Waals surface area contributed by atoms with E-state index in [9.17, 15) is 5.11 Å². The zero-order valence-corrected chi connectivity index (χ0v) is 29.5. The molecule has 2 atom stereocenters. The Balaban J connectivity index is 1.43. The van der Waals surface area contributed by atoms with Gasteiger partial charge in [-0.05, 0) is 112 Å². The molecular weight excluding hydrogens is 550 g/mol. The van der Waals surface area contributed by atoms with Crippen molar-refractivity contribution >= 4 is 12.2 Å². The number of epoxide rings is 1. The molecule has 3 heteroatoms. The van der Waals surface area contributed by atoms with Crippen LogP contribution in [0.4, 0.5) is 0 Å². The van der Waals surface area contributed by atoms with Gasteiger partial charge in [-0.1, -0.05) is 93.0 Å². The van der Waals surface area contributed by atoms with Gasteiger partial charge in [0.15, 0.2) is 12.7 Å². The lowest BCUT2D eigenvalue weighted by Gasteiger charge is -2.34. The third-order valence-corrected chi connectivity index (χ3v) is 10.00. The highest BCUT2D eigenvalue weighted by atomic mass is 16.6. The first-order valence-corrected chi connectivity index (χ1v) is 17.1. The zero-order chi connectivity index (χ0) is 32.8. The first-order valence-electron chi connectivity index (χ1n) is 17.1. The average Bonchev–Trinajstić information content (AvgIpc) is 3.73. The van der Waals surface area contributed by atoms with Crippen molar-refractivity contribution in [3.8, 4) is 0 Å². The minimum absolute atomic E-state index is 0.105. The normalized spacial score (nSPS) is 24.5. The standard InChI is InChI=1S/C42H58NO2/c1-30(20-21-37-32(3)17-12-23-41(37,6)7)14-10-15-31(2)28-36-29-35(22-25-43(36)26-27-44)19-11-16-34(5)39-40(45-39)38-33(4)18-13-24-42(38,8)9/h10-11,14-16,19-22,25,28-29,39-40,44H,12-13,17-18,23-24,26-27H2,1-9H3/q+1/b15-10+,19-11+,21-20+,30-14+,31-28+,34-16+. The molecule has 0 aromatic carbocycles. The number of pyridine rings is 1. The van der Waals surface area contributed by atoms with E-state index in [1.807, 2.05) is 0 Å². The molecule has 0 amide bonds. The second kappa shape index (κ2) is 15.1. The van der Waals surface area contributed by atoms with Crippen molar-refractivity contribution in [3.05, 3.63) is 111 Å². The van der Waals surface area contributed by atoms with Crippen molar-refractivity contribution in [2.45, 2.75) is 120 Å². The monoisotopic (exact) mass is 608 g/mol. The maximum atomic E-state index is 9.66. The van der Waals surface area contributed by atoms with Gasteiger partial charge in [-0.2, -0.15) is 4.57 Å². The Kier molecular flexibility index (Phi) is 11.7. The number of rotatable bonds is 11. The molecule has 1 fully saturated rings. The number of nitrogens with zero attached hydrogens (tertiary/aromatic N) is 1. The molecule has 2 aliphatic carbocycles. The lowest BCUT2D eigenvalue weighted by Crippen LogP contribution is -2.38. The summed E-state index contributed by atoms with van der Waals surface area (Å²) in [5.74, 6) is 0. The number of aromatic nitrogens is 1. The summed E-state index contributed by atoms with van der Waals surface area (Å²) >= 11 is 0. The Bertz CT molecular complexity index is 1480. The molecule has 0 spiro atoms. The third kappa shape index (κ3) is 9.27. The molecule has 0 bridgehead atoms. The fourth-order valence-corrected chi connectivity index (χ4v) is 7.37. The minimum atomic E-state index is 0.105. The van der Waals surface area contributed by atoms with Crippen LogP contribution in [0.15, 0.2) is 99.9 Å². The summed E-state index contributed by atoms with van der Waals surface area (Å²) in [4.78, 5) is 0. The molecule has 1 aromatic heterocycles. The predicted molar refractivity (Wildman–Crippen MR) is 192 cm³/mol. The Hall–Kier alpha value is -3.01. The number of ether oxygens (including phenoxy) is 1. The minimum Gasteiger partial charge on any atom is -0.390 e. The summed E-state index contributed by atoms with van der Waals surface area (Å²) in [5.41, 5.74) is 12.5. The first kappa shape index (κ1) is 34.9. The number of allylic oxidation sites excluding steroid dienone is 12. The van der Waals surface area contributed by atoms with Crippen molar-refractivity contribution < 1.29 is 14.4 Å². The van der Waals surface area contributed by atoms with Crippen LogP contribution in [0.5, 0.6) is 0 Å². The Morgan fingerprint density at radius 2 is 1.62 bits per heavy atom. The Morgan fingerprint density at radius 1 is 0.911 bits per heavy atom. The Morgan fingerprint density at radius 3 is 2.31 bits per heavy atom. The summed E-state index contributed by atoms with van der Waals surface area (Å²) in [7, 11) is 0. The summed E-state index contributed by atoms with van der Waals surface area (Å²) in [6, 6.07) is 4.30. The first-order chi connectivity index (χ1) is 21.3. The molecule has 2 unspecified atom stereocenters. The number of hydrogen-bond acceptors (Lipinski definition) is 2. The van der Waals surface area contributed by atoms with Crippen LogP contribution in [-0.4, -0.2) is 23.9 Å². The fourth-order valence-electron chi connectivity index (χ4n) is 7.37. The molecule has 3 aliphatic rings. The van der Waals surface area contributed by atoms with Gasteiger partial charge < -0.3 is 9.84 Å². The number of aliphatic hydroxyl groups excluding tert-OH is 1. The van der Waals surface area contributed by atoms with E-state index in [-0.39, 0.29) is 29.6 Å². The largest absolute Gasteiger partial charge is 0.390 e. The van der Waals surface area contributed by atoms with E-state index < -0.39 is 0 Å². The topological polar surface area (TPSA) is 36.6 Å². The van der Waals surface area contributed by atoms with E-state index >= 15 is 0 Å². The van der Waals surface area contributed by atoms with E-state index in [4.69, 9.17) is 4.74 Å². The van der Waals surface area contributed by atoms with Crippen LogP contribution in [0.25, 0.3) is 12.2 Å². The van der Waals surface area contributed by atoms with Crippen molar-refractivity contribution in [1.29, 1.82) is 0 Å². The van der Waals surface area contributed by atoms with Gasteiger partial charge in [0, 0.05) is 18.2 Å². The predicted octanol–water partition coefficient (Wildman–Crippen LogP) is 10.2. The van der Waals surface area contributed by atoms with Gasteiger partial charge in [-0.3, -0.25) is 0 Å². The fraction of sp³-hybridized carbons (Fsp3) is 0.500. The van der Waals surface area contributed by atoms with Crippen LogP contribution in [-0.2, 0) is 11.3 Å². The van der Waals surface area contributed by atoms with Gasteiger partial charge in [0.25, 0.3) is 0 Å². The highest BCUT2D eigenvalue weighted by Crippen LogP contribution is 2.49. The second-order valence-corrected chi connectivity index (χ2v) is 14.9. The number of aliphatic hydroxyl groups is 1. The third-order valence-electron chi connectivity index (χ3n) is 10.00. The molecule has 45 heavy (non-hydrogen) atoms. The molecule has 3 nitrogen and oxygen atoms in total. The van der Waals surface area contributed by atoms with Crippen LogP contribution in [0, 0.1) is 10.8 Å². The highest BCUT2D eigenvalue weighted by molar-refractivity contribution is 5.57. The van der Waals surface area contributed by atoms with Crippen molar-refractivity contribution in [1.82, 2.24) is 0 Å². The van der Waals surface area contributed by atoms with Crippen LogP contribution >= 0.6 is 0 Å². The summed E-state index contributed by atoms with van der Waals surface area (Å²) in [5, 5.41) is 9.66.